The van der Waals surface area contributed by atoms with Crippen molar-refractivity contribution >= 4 is 28.3 Å². The average molecular weight is 338 g/mol. The molecule has 4 nitrogen and oxygen atoms in total. The van der Waals surface area contributed by atoms with E-state index in [2.05, 4.69) is 15.3 Å². The van der Waals surface area contributed by atoms with Gasteiger partial charge in [-0.15, -0.1) is 0 Å². The van der Waals surface area contributed by atoms with Gasteiger partial charge in [-0.2, -0.15) is 0 Å². The minimum atomic E-state index is 0.664. The van der Waals surface area contributed by atoms with Gasteiger partial charge >= 0.3 is 0 Å². The number of benzene rings is 2. The second kappa shape index (κ2) is 6.49. The number of rotatable bonds is 3. The number of halogens is 1. The molecule has 0 spiro atoms. The number of hydrogen-bond acceptors (Lipinski definition) is 4. The van der Waals surface area contributed by atoms with Crippen LogP contribution in [-0.4, -0.2) is 23.9 Å². The van der Waals surface area contributed by atoms with Crippen molar-refractivity contribution in [3.05, 3.63) is 65.3 Å². The van der Waals surface area contributed by atoms with Crippen molar-refractivity contribution in [1.82, 2.24) is 10.3 Å². The van der Waals surface area contributed by atoms with Gasteiger partial charge in [0.15, 0.2) is 0 Å². The highest BCUT2D eigenvalue weighted by Gasteiger charge is 2.08. The highest BCUT2D eigenvalue weighted by Crippen LogP contribution is 2.30. The summed E-state index contributed by atoms with van der Waals surface area (Å²) in [7, 11) is 0. The molecule has 0 aliphatic carbocycles. The maximum atomic E-state index is 6.03. The van der Waals surface area contributed by atoms with Gasteiger partial charge in [0.05, 0.1) is 5.52 Å². The molecule has 0 radical (unpaired) electrons. The van der Waals surface area contributed by atoms with Crippen LogP contribution in [-0.2, 0) is 0 Å². The maximum absolute atomic E-state index is 6.03. The number of aromatic nitrogens is 1. The van der Waals surface area contributed by atoms with Crippen LogP contribution >= 0.6 is 11.6 Å². The Morgan fingerprint density at radius 3 is 2.71 bits per heavy atom. The fraction of sp³-hybridized carbons (Fsp3) is 0.158. The molecule has 1 N–H and O–H groups in total. The van der Waals surface area contributed by atoms with E-state index in [9.17, 15) is 0 Å². The molecule has 1 aliphatic heterocycles. The Morgan fingerprint density at radius 1 is 1.04 bits per heavy atom. The average Bonchev–Trinajstić information content (AvgIpc) is 2.63. The van der Waals surface area contributed by atoms with Crippen LogP contribution in [0.4, 0.5) is 0 Å². The quantitative estimate of drug-likeness (QED) is 0.769. The molecule has 2 heterocycles. The van der Waals surface area contributed by atoms with E-state index in [1.807, 2.05) is 48.5 Å². The van der Waals surface area contributed by atoms with Crippen LogP contribution in [0.3, 0.4) is 0 Å². The van der Waals surface area contributed by atoms with Crippen molar-refractivity contribution in [2.75, 3.05) is 13.1 Å². The predicted molar refractivity (Wildman–Crippen MR) is 97.3 cm³/mol. The second-order valence-corrected chi connectivity index (χ2v) is 6.04. The van der Waals surface area contributed by atoms with Crippen molar-refractivity contribution in [1.29, 1.82) is 0 Å². The molecule has 0 bridgehead atoms. The number of aliphatic imine (C=N–C) groups is 1. The highest BCUT2D eigenvalue weighted by atomic mass is 35.5. The van der Waals surface area contributed by atoms with Crippen molar-refractivity contribution in [3.63, 3.8) is 0 Å². The van der Waals surface area contributed by atoms with Gasteiger partial charge in [-0.25, -0.2) is 0 Å². The number of amidine groups is 1. The molecule has 0 saturated heterocycles. The molecule has 0 saturated carbocycles. The van der Waals surface area contributed by atoms with Gasteiger partial charge in [-0.1, -0.05) is 11.6 Å². The van der Waals surface area contributed by atoms with Gasteiger partial charge in [-0.3, -0.25) is 9.98 Å². The summed E-state index contributed by atoms with van der Waals surface area (Å²) in [6, 6.07) is 15.4. The SMILES string of the molecule is Clc1ccc2c(Oc3ccc(C4=NCCCN4)cc3)ccnc2c1. The van der Waals surface area contributed by atoms with Gasteiger partial charge in [0, 0.05) is 35.3 Å². The smallest absolute Gasteiger partial charge is 0.138 e. The summed E-state index contributed by atoms with van der Waals surface area (Å²) in [5.74, 6) is 2.49. The number of ether oxygens (including phenoxy) is 1. The Balaban J connectivity index is 1.60. The number of fused-ring (bicyclic) bond motifs is 1. The summed E-state index contributed by atoms with van der Waals surface area (Å²) < 4.78 is 6.03. The molecule has 0 atom stereocenters. The van der Waals surface area contributed by atoms with Crippen LogP contribution in [0.2, 0.25) is 5.02 Å². The Bertz CT molecular complexity index is 906. The van der Waals surface area contributed by atoms with E-state index in [1.165, 1.54) is 0 Å². The van der Waals surface area contributed by atoms with Crippen LogP contribution in [0.15, 0.2) is 59.7 Å². The van der Waals surface area contributed by atoms with E-state index in [0.29, 0.717) is 5.02 Å². The Hall–Kier alpha value is -2.59. The lowest BCUT2D eigenvalue weighted by molar-refractivity contribution is 0.488. The summed E-state index contributed by atoms with van der Waals surface area (Å²) in [5, 5.41) is 4.92. The minimum Gasteiger partial charge on any atom is -0.457 e. The molecular weight excluding hydrogens is 322 g/mol. The van der Waals surface area contributed by atoms with Crippen molar-refractivity contribution in [2.24, 2.45) is 4.99 Å². The first-order valence-corrected chi connectivity index (χ1v) is 8.28. The fourth-order valence-corrected chi connectivity index (χ4v) is 2.88. The summed E-state index contributed by atoms with van der Waals surface area (Å²) in [6.07, 6.45) is 2.81. The highest BCUT2D eigenvalue weighted by molar-refractivity contribution is 6.31. The first kappa shape index (κ1) is 15.0. The van der Waals surface area contributed by atoms with Gasteiger partial charge in [0.1, 0.15) is 17.3 Å². The van der Waals surface area contributed by atoms with Crippen molar-refractivity contribution in [3.8, 4) is 11.5 Å². The largest absolute Gasteiger partial charge is 0.457 e. The second-order valence-electron chi connectivity index (χ2n) is 5.61. The first-order valence-electron chi connectivity index (χ1n) is 7.90. The van der Waals surface area contributed by atoms with Gasteiger partial charge in [0.2, 0.25) is 0 Å². The summed E-state index contributed by atoms with van der Waals surface area (Å²) in [6.45, 7) is 1.86. The van der Waals surface area contributed by atoms with E-state index in [-0.39, 0.29) is 0 Å². The van der Waals surface area contributed by atoms with Crippen LogP contribution < -0.4 is 10.1 Å². The lowest BCUT2D eigenvalue weighted by atomic mass is 10.1. The molecule has 5 heteroatoms. The molecule has 24 heavy (non-hydrogen) atoms. The summed E-state index contributed by atoms with van der Waals surface area (Å²) in [5.41, 5.74) is 1.89. The minimum absolute atomic E-state index is 0.664. The number of pyridine rings is 1. The molecular formula is C19H16ClN3O. The Kier molecular flexibility index (Phi) is 4.05. The third-order valence-electron chi connectivity index (χ3n) is 3.92. The van der Waals surface area contributed by atoms with Gasteiger partial charge in [-0.05, 0) is 55.0 Å². The molecule has 4 rings (SSSR count). The third kappa shape index (κ3) is 3.05. The van der Waals surface area contributed by atoms with Crippen LogP contribution in [0, 0.1) is 0 Å². The molecule has 3 aromatic rings. The zero-order valence-corrected chi connectivity index (χ0v) is 13.8. The molecule has 2 aromatic carbocycles. The molecule has 1 aliphatic rings. The lowest BCUT2D eigenvalue weighted by Crippen LogP contribution is -2.30. The maximum Gasteiger partial charge on any atom is 0.138 e. The molecule has 120 valence electrons. The topological polar surface area (TPSA) is 46.5 Å². The molecule has 0 amide bonds. The van der Waals surface area contributed by atoms with E-state index in [0.717, 1.165) is 53.3 Å². The summed E-state index contributed by atoms with van der Waals surface area (Å²) >= 11 is 6.02. The van der Waals surface area contributed by atoms with Gasteiger partial charge in [0.25, 0.3) is 0 Å². The standard InChI is InChI=1S/C19H16ClN3O/c20-14-4-7-16-17(12-14)21-11-8-18(16)24-15-5-2-13(3-6-15)19-22-9-1-10-23-19/h2-8,11-12H,1,9-10H2,(H,22,23). The Labute approximate surface area is 145 Å². The zero-order chi connectivity index (χ0) is 16.4. The van der Waals surface area contributed by atoms with E-state index < -0.39 is 0 Å². The summed E-state index contributed by atoms with van der Waals surface area (Å²) in [4.78, 5) is 8.84. The number of nitrogens with zero attached hydrogens (tertiary/aromatic N) is 2. The Morgan fingerprint density at radius 2 is 1.92 bits per heavy atom. The van der Waals surface area contributed by atoms with Crippen LogP contribution in [0.25, 0.3) is 10.9 Å². The van der Waals surface area contributed by atoms with E-state index in [4.69, 9.17) is 16.3 Å². The molecule has 1 aromatic heterocycles. The third-order valence-corrected chi connectivity index (χ3v) is 4.15. The number of hydrogen-bond donors (Lipinski definition) is 1. The lowest BCUT2D eigenvalue weighted by Gasteiger charge is -2.15. The zero-order valence-electron chi connectivity index (χ0n) is 13.0. The van der Waals surface area contributed by atoms with Crippen LogP contribution in [0.1, 0.15) is 12.0 Å². The van der Waals surface area contributed by atoms with E-state index >= 15 is 0 Å². The predicted octanol–water partition coefficient (Wildman–Crippen LogP) is 4.42. The van der Waals surface area contributed by atoms with E-state index in [1.54, 1.807) is 6.20 Å². The van der Waals surface area contributed by atoms with Crippen molar-refractivity contribution < 1.29 is 4.74 Å². The molecule has 0 fully saturated rings. The molecule has 0 unspecified atom stereocenters. The van der Waals surface area contributed by atoms with Crippen molar-refractivity contribution in [2.45, 2.75) is 6.42 Å². The first-order chi connectivity index (χ1) is 11.8. The van der Waals surface area contributed by atoms with Crippen LogP contribution in [0.5, 0.6) is 11.5 Å². The monoisotopic (exact) mass is 337 g/mol. The normalized spacial score (nSPS) is 14.1. The van der Waals surface area contributed by atoms with Gasteiger partial charge < -0.3 is 10.1 Å². The number of nitrogens with one attached hydrogen (secondary N) is 1. The fourth-order valence-electron chi connectivity index (χ4n) is 2.72.